The zero-order chi connectivity index (χ0) is 12.1. The van der Waals surface area contributed by atoms with Crippen molar-refractivity contribution >= 4 is 0 Å². The van der Waals surface area contributed by atoms with Gasteiger partial charge in [0.15, 0.2) is 0 Å². The van der Waals surface area contributed by atoms with Crippen molar-refractivity contribution in [3.63, 3.8) is 0 Å². The number of nitrogens with zero attached hydrogens (tertiary/aromatic N) is 1. The van der Waals surface area contributed by atoms with Crippen LogP contribution in [0.1, 0.15) is 17.2 Å². The van der Waals surface area contributed by atoms with Crippen molar-refractivity contribution < 1.29 is 4.74 Å². The first kappa shape index (κ1) is 11.4. The van der Waals surface area contributed by atoms with Gasteiger partial charge in [-0.1, -0.05) is 24.3 Å². The molecule has 0 aliphatic rings. The highest BCUT2D eigenvalue weighted by molar-refractivity contribution is 5.37. The summed E-state index contributed by atoms with van der Waals surface area (Å²) >= 11 is 0. The van der Waals surface area contributed by atoms with E-state index in [9.17, 15) is 0 Å². The Kier molecular flexibility index (Phi) is 3.55. The first-order chi connectivity index (χ1) is 8.35. The molecule has 17 heavy (non-hydrogen) atoms. The molecular formula is C15H15NO. The molecule has 0 aliphatic carbocycles. The number of hydrogen-bond acceptors (Lipinski definition) is 2. The summed E-state index contributed by atoms with van der Waals surface area (Å²) in [5, 5.41) is 0. The lowest BCUT2D eigenvalue weighted by atomic mass is 9.95. The van der Waals surface area contributed by atoms with E-state index in [4.69, 9.17) is 4.74 Å². The summed E-state index contributed by atoms with van der Waals surface area (Å²) in [6, 6.07) is 13.9. The largest absolute Gasteiger partial charge is 0.497 e. The molecule has 0 saturated heterocycles. The number of pyridine rings is 1. The number of benzene rings is 1. The van der Waals surface area contributed by atoms with E-state index in [2.05, 4.69) is 17.6 Å². The molecule has 1 unspecified atom stereocenters. The molecule has 2 rings (SSSR count). The van der Waals surface area contributed by atoms with Crippen LogP contribution in [0.15, 0.2) is 61.3 Å². The number of rotatable bonds is 4. The van der Waals surface area contributed by atoms with Gasteiger partial charge in [-0.25, -0.2) is 0 Å². The second-order valence-electron chi connectivity index (χ2n) is 3.74. The molecule has 0 N–H and O–H groups in total. The average Bonchev–Trinajstić information content (AvgIpc) is 2.41. The van der Waals surface area contributed by atoms with Crippen LogP contribution in [0.25, 0.3) is 0 Å². The normalized spacial score (nSPS) is 11.8. The van der Waals surface area contributed by atoms with Gasteiger partial charge in [0.25, 0.3) is 0 Å². The van der Waals surface area contributed by atoms with Gasteiger partial charge in [-0.05, 0) is 29.8 Å². The van der Waals surface area contributed by atoms with Crippen molar-refractivity contribution in [2.24, 2.45) is 0 Å². The first-order valence-electron chi connectivity index (χ1n) is 5.52. The maximum absolute atomic E-state index is 5.23. The molecular weight excluding hydrogens is 210 g/mol. The SMILES string of the molecule is C=CC(c1cccc(OC)c1)c1ccccn1. The fourth-order valence-corrected chi connectivity index (χ4v) is 1.82. The second-order valence-corrected chi connectivity index (χ2v) is 3.74. The Labute approximate surface area is 102 Å². The molecule has 1 heterocycles. The third-order valence-corrected chi connectivity index (χ3v) is 2.70. The van der Waals surface area contributed by atoms with Crippen LogP contribution in [0, 0.1) is 0 Å². The highest BCUT2D eigenvalue weighted by Crippen LogP contribution is 2.26. The number of hydrogen-bond donors (Lipinski definition) is 0. The van der Waals surface area contributed by atoms with Gasteiger partial charge in [-0.15, -0.1) is 6.58 Å². The van der Waals surface area contributed by atoms with Crippen molar-refractivity contribution in [3.8, 4) is 5.75 Å². The molecule has 0 amide bonds. The van der Waals surface area contributed by atoms with Crippen LogP contribution < -0.4 is 4.74 Å². The van der Waals surface area contributed by atoms with Crippen LogP contribution in [-0.4, -0.2) is 12.1 Å². The van der Waals surface area contributed by atoms with Crippen LogP contribution >= 0.6 is 0 Å². The molecule has 0 saturated carbocycles. The van der Waals surface area contributed by atoms with Gasteiger partial charge in [0, 0.05) is 12.1 Å². The summed E-state index contributed by atoms with van der Waals surface area (Å²) in [6.07, 6.45) is 3.70. The minimum Gasteiger partial charge on any atom is -0.497 e. The third-order valence-electron chi connectivity index (χ3n) is 2.70. The van der Waals surface area contributed by atoms with Crippen molar-refractivity contribution in [2.45, 2.75) is 5.92 Å². The molecule has 0 bridgehead atoms. The van der Waals surface area contributed by atoms with Gasteiger partial charge in [-0.2, -0.15) is 0 Å². The first-order valence-corrected chi connectivity index (χ1v) is 5.52. The van der Waals surface area contributed by atoms with Crippen LogP contribution in [0.4, 0.5) is 0 Å². The van der Waals surface area contributed by atoms with E-state index >= 15 is 0 Å². The summed E-state index contributed by atoms with van der Waals surface area (Å²) in [7, 11) is 1.67. The Morgan fingerprint density at radius 1 is 1.24 bits per heavy atom. The summed E-state index contributed by atoms with van der Waals surface area (Å²) in [4.78, 5) is 4.37. The van der Waals surface area contributed by atoms with Crippen molar-refractivity contribution in [1.29, 1.82) is 0 Å². The summed E-state index contributed by atoms with van der Waals surface area (Å²) in [5.74, 6) is 0.955. The molecule has 1 atom stereocenters. The van der Waals surface area contributed by atoms with E-state index in [-0.39, 0.29) is 5.92 Å². The number of allylic oxidation sites excluding steroid dienone is 1. The summed E-state index contributed by atoms with van der Waals surface area (Å²) in [6.45, 7) is 3.89. The minimum absolute atomic E-state index is 0.103. The lowest BCUT2D eigenvalue weighted by Gasteiger charge is -2.13. The van der Waals surface area contributed by atoms with Crippen molar-refractivity contribution in [1.82, 2.24) is 4.98 Å². The van der Waals surface area contributed by atoms with E-state index in [1.165, 1.54) is 0 Å². The molecule has 0 aliphatic heterocycles. The Morgan fingerprint density at radius 2 is 2.12 bits per heavy atom. The summed E-state index contributed by atoms with van der Waals surface area (Å²) in [5.41, 5.74) is 2.13. The van der Waals surface area contributed by atoms with Crippen molar-refractivity contribution in [3.05, 3.63) is 72.6 Å². The van der Waals surface area contributed by atoms with Gasteiger partial charge < -0.3 is 4.74 Å². The van der Waals surface area contributed by atoms with E-state index in [1.807, 2.05) is 42.5 Å². The third kappa shape index (κ3) is 2.53. The molecule has 2 nitrogen and oxygen atoms in total. The van der Waals surface area contributed by atoms with Crippen LogP contribution in [0.2, 0.25) is 0 Å². The smallest absolute Gasteiger partial charge is 0.119 e. The maximum atomic E-state index is 5.23. The average molecular weight is 225 g/mol. The quantitative estimate of drug-likeness (QED) is 0.744. The van der Waals surface area contributed by atoms with Gasteiger partial charge >= 0.3 is 0 Å². The zero-order valence-corrected chi connectivity index (χ0v) is 9.84. The van der Waals surface area contributed by atoms with E-state index in [0.717, 1.165) is 17.0 Å². The lowest BCUT2D eigenvalue weighted by Crippen LogP contribution is -2.00. The fraction of sp³-hybridized carbons (Fsp3) is 0.133. The van der Waals surface area contributed by atoms with Gasteiger partial charge in [0.05, 0.1) is 12.8 Å². The highest BCUT2D eigenvalue weighted by atomic mass is 16.5. The molecule has 86 valence electrons. The van der Waals surface area contributed by atoms with E-state index in [0.29, 0.717) is 0 Å². The molecule has 2 aromatic rings. The summed E-state index contributed by atoms with van der Waals surface area (Å²) < 4.78 is 5.23. The van der Waals surface area contributed by atoms with Gasteiger partial charge in [0.1, 0.15) is 5.75 Å². The second kappa shape index (κ2) is 5.30. The fourth-order valence-electron chi connectivity index (χ4n) is 1.82. The Hall–Kier alpha value is -2.09. The number of methoxy groups -OCH3 is 1. The monoisotopic (exact) mass is 225 g/mol. The van der Waals surface area contributed by atoms with Gasteiger partial charge in [-0.3, -0.25) is 4.98 Å². The lowest BCUT2D eigenvalue weighted by molar-refractivity contribution is 0.414. The predicted octanol–water partition coefficient (Wildman–Crippen LogP) is 3.41. The van der Waals surface area contributed by atoms with E-state index in [1.54, 1.807) is 13.3 Å². The molecule has 0 radical (unpaired) electrons. The van der Waals surface area contributed by atoms with Crippen LogP contribution in [-0.2, 0) is 0 Å². The van der Waals surface area contributed by atoms with Crippen molar-refractivity contribution in [2.75, 3.05) is 7.11 Å². The Morgan fingerprint density at radius 3 is 2.76 bits per heavy atom. The number of aromatic nitrogens is 1. The molecule has 0 spiro atoms. The molecule has 1 aromatic heterocycles. The molecule has 1 aromatic carbocycles. The van der Waals surface area contributed by atoms with E-state index < -0.39 is 0 Å². The van der Waals surface area contributed by atoms with Crippen LogP contribution in [0.3, 0.4) is 0 Å². The Balaban J connectivity index is 2.38. The van der Waals surface area contributed by atoms with Gasteiger partial charge in [0.2, 0.25) is 0 Å². The molecule has 2 heteroatoms. The molecule has 0 fully saturated rings. The number of ether oxygens (including phenoxy) is 1. The zero-order valence-electron chi connectivity index (χ0n) is 9.84. The maximum Gasteiger partial charge on any atom is 0.119 e. The predicted molar refractivity (Wildman–Crippen MR) is 69.3 cm³/mol. The van der Waals surface area contributed by atoms with Crippen LogP contribution in [0.5, 0.6) is 5.75 Å². The Bertz CT molecular complexity index is 493. The standard InChI is InChI=1S/C15H15NO/c1-3-14(15-9-4-5-10-16-15)12-7-6-8-13(11-12)17-2/h3-11,14H,1H2,2H3. The minimum atomic E-state index is 0.103. The highest BCUT2D eigenvalue weighted by Gasteiger charge is 2.11. The topological polar surface area (TPSA) is 22.1 Å².